The van der Waals surface area contributed by atoms with Gasteiger partial charge in [0.15, 0.2) is 0 Å². The van der Waals surface area contributed by atoms with Gasteiger partial charge in [-0.25, -0.2) is 10.8 Å². The number of amides is 1. The summed E-state index contributed by atoms with van der Waals surface area (Å²) in [5.74, 6) is 5.31. The number of rotatable bonds is 4. The average Bonchev–Trinajstić information content (AvgIpc) is 2.46. The van der Waals surface area contributed by atoms with E-state index in [0.717, 1.165) is 12.1 Å². The van der Waals surface area contributed by atoms with Gasteiger partial charge in [0.05, 0.1) is 18.4 Å². The number of pyridine rings is 1. The first kappa shape index (κ1) is 14.0. The molecule has 0 aromatic carbocycles. The Bertz CT molecular complexity index is 436. The van der Waals surface area contributed by atoms with Crippen LogP contribution in [0.1, 0.15) is 48.8 Å². The van der Waals surface area contributed by atoms with Gasteiger partial charge in [0.25, 0.3) is 5.91 Å². The van der Waals surface area contributed by atoms with Gasteiger partial charge in [-0.2, -0.15) is 0 Å². The van der Waals surface area contributed by atoms with E-state index in [-0.39, 0.29) is 5.91 Å². The first-order chi connectivity index (χ1) is 9.20. The van der Waals surface area contributed by atoms with Gasteiger partial charge >= 0.3 is 0 Å². The largest absolute Gasteiger partial charge is 0.372 e. The highest BCUT2D eigenvalue weighted by atomic mass is 16.5. The highest BCUT2D eigenvalue weighted by Gasteiger charge is 2.21. The topological polar surface area (TPSA) is 77.2 Å². The predicted octanol–water partition coefficient (Wildman–Crippen LogP) is 1.78. The van der Waals surface area contributed by atoms with Gasteiger partial charge in [-0.1, -0.05) is 25.8 Å². The smallest absolute Gasteiger partial charge is 0.283 e. The Labute approximate surface area is 113 Å². The van der Waals surface area contributed by atoms with E-state index in [0.29, 0.717) is 24.3 Å². The minimum atomic E-state index is -0.382. The number of nitrogens with zero attached hydrogens (tertiary/aromatic N) is 1. The maximum atomic E-state index is 11.4. The van der Waals surface area contributed by atoms with E-state index < -0.39 is 0 Å². The number of carbonyl (C=O) groups is 1. The summed E-state index contributed by atoms with van der Waals surface area (Å²) in [5.41, 5.74) is 3.16. The van der Waals surface area contributed by atoms with E-state index in [4.69, 9.17) is 10.6 Å². The summed E-state index contributed by atoms with van der Waals surface area (Å²) in [6.07, 6.45) is 5.18. The zero-order valence-electron chi connectivity index (χ0n) is 11.3. The van der Waals surface area contributed by atoms with Gasteiger partial charge in [0.1, 0.15) is 5.69 Å². The van der Waals surface area contributed by atoms with Crippen LogP contribution in [0.15, 0.2) is 18.2 Å². The monoisotopic (exact) mass is 263 g/mol. The van der Waals surface area contributed by atoms with E-state index in [1.165, 1.54) is 19.3 Å². The Morgan fingerprint density at radius 2 is 2.26 bits per heavy atom. The zero-order valence-corrected chi connectivity index (χ0v) is 11.3. The predicted molar refractivity (Wildman–Crippen MR) is 72.1 cm³/mol. The van der Waals surface area contributed by atoms with Crippen molar-refractivity contribution in [3.05, 3.63) is 29.6 Å². The van der Waals surface area contributed by atoms with E-state index >= 15 is 0 Å². The maximum absolute atomic E-state index is 11.4. The highest BCUT2D eigenvalue weighted by molar-refractivity contribution is 5.91. The van der Waals surface area contributed by atoms with Crippen LogP contribution < -0.4 is 11.3 Å². The van der Waals surface area contributed by atoms with Crippen LogP contribution in [0.5, 0.6) is 0 Å². The molecule has 1 aromatic heterocycles. The van der Waals surface area contributed by atoms with Crippen molar-refractivity contribution in [3.63, 3.8) is 0 Å². The van der Waals surface area contributed by atoms with Gasteiger partial charge in [-0.15, -0.1) is 0 Å². The van der Waals surface area contributed by atoms with E-state index in [1.807, 2.05) is 6.07 Å². The molecule has 0 bridgehead atoms. The van der Waals surface area contributed by atoms with Crippen molar-refractivity contribution >= 4 is 5.91 Å². The molecule has 0 saturated heterocycles. The number of hydrogen-bond donors (Lipinski definition) is 2. The fourth-order valence-corrected chi connectivity index (χ4v) is 2.48. The molecule has 2 unspecified atom stereocenters. The van der Waals surface area contributed by atoms with Gasteiger partial charge in [-0.05, 0) is 30.9 Å². The molecule has 1 saturated carbocycles. The Morgan fingerprint density at radius 1 is 1.47 bits per heavy atom. The SMILES string of the molecule is CC1CCCCC1OCc1cccc(C(=O)NN)n1. The van der Waals surface area contributed by atoms with Crippen molar-refractivity contribution < 1.29 is 9.53 Å². The highest BCUT2D eigenvalue weighted by Crippen LogP contribution is 2.26. The molecular formula is C14H21N3O2. The van der Waals surface area contributed by atoms with Crippen molar-refractivity contribution in [2.24, 2.45) is 11.8 Å². The van der Waals surface area contributed by atoms with E-state index in [2.05, 4.69) is 17.3 Å². The third-order valence-electron chi connectivity index (χ3n) is 3.65. The van der Waals surface area contributed by atoms with Crippen LogP contribution in [0.4, 0.5) is 0 Å². The number of carbonyl (C=O) groups excluding carboxylic acids is 1. The summed E-state index contributed by atoms with van der Waals surface area (Å²) in [5, 5.41) is 0. The van der Waals surface area contributed by atoms with Crippen molar-refractivity contribution in [1.29, 1.82) is 0 Å². The standard InChI is InChI=1S/C14H21N3O2/c1-10-5-2-3-8-13(10)19-9-11-6-4-7-12(16-11)14(18)17-15/h4,6-7,10,13H,2-3,5,8-9,15H2,1H3,(H,17,18). The Balaban J connectivity index is 1.93. The molecule has 19 heavy (non-hydrogen) atoms. The van der Waals surface area contributed by atoms with E-state index in [1.54, 1.807) is 12.1 Å². The minimum absolute atomic E-state index is 0.308. The van der Waals surface area contributed by atoms with Crippen LogP contribution in [-0.4, -0.2) is 17.0 Å². The number of hydrazine groups is 1. The molecule has 3 N–H and O–H groups in total. The summed E-state index contributed by atoms with van der Waals surface area (Å²) in [6, 6.07) is 5.29. The van der Waals surface area contributed by atoms with Gasteiger partial charge in [0.2, 0.25) is 0 Å². The van der Waals surface area contributed by atoms with Gasteiger partial charge in [-0.3, -0.25) is 10.2 Å². The average molecular weight is 263 g/mol. The lowest BCUT2D eigenvalue weighted by Gasteiger charge is -2.28. The molecule has 5 nitrogen and oxygen atoms in total. The molecule has 1 aliphatic carbocycles. The lowest BCUT2D eigenvalue weighted by Crippen LogP contribution is -2.31. The van der Waals surface area contributed by atoms with Crippen LogP contribution >= 0.6 is 0 Å². The molecule has 2 rings (SSSR count). The molecule has 1 fully saturated rings. The van der Waals surface area contributed by atoms with E-state index in [9.17, 15) is 4.79 Å². The van der Waals surface area contributed by atoms with Crippen molar-refractivity contribution in [2.45, 2.75) is 45.3 Å². The third kappa shape index (κ3) is 3.75. The third-order valence-corrected chi connectivity index (χ3v) is 3.65. The Kier molecular flexibility index (Phi) is 4.87. The molecule has 2 atom stereocenters. The van der Waals surface area contributed by atoms with Crippen LogP contribution in [0.3, 0.4) is 0 Å². The molecule has 0 radical (unpaired) electrons. The van der Waals surface area contributed by atoms with Gasteiger partial charge in [0, 0.05) is 0 Å². The number of nitrogen functional groups attached to an aromatic ring is 1. The molecule has 104 valence electrons. The number of ether oxygens (including phenoxy) is 1. The quantitative estimate of drug-likeness (QED) is 0.493. The minimum Gasteiger partial charge on any atom is -0.372 e. The summed E-state index contributed by atoms with van der Waals surface area (Å²) < 4.78 is 5.92. The number of nitrogens with two attached hydrogens (primary N) is 1. The lowest BCUT2D eigenvalue weighted by molar-refractivity contribution is -0.0168. The molecule has 5 heteroatoms. The fourth-order valence-electron chi connectivity index (χ4n) is 2.48. The Hall–Kier alpha value is -1.46. The van der Waals surface area contributed by atoms with Crippen LogP contribution in [0, 0.1) is 5.92 Å². The number of aromatic nitrogens is 1. The molecule has 1 aromatic rings. The molecule has 0 spiro atoms. The summed E-state index contributed by atoms with van der Waals surface area (Å²) in [7, 11) is 0. The Morgan fingerprint density at radius 3 is 3.00 bits per heavy atom. The van der Waals surface area contributed by atoms with Crippen LogP contribution in [-0.2, 0) is 11.3 Å². The molecule has 1 amide bonds. The first-order valence-electron chi connectivity index (χ1n) is 6.79. The second kappa shape index (κ2) is 6.63. The van der Waals surface area contributed by atoms with Crippen molar-refractivity contribution in [3.8, 4) is 0 Å². The number of nitrogens with one attached hydrogen (secondary N) is 1. The zero-order chi connectivity index (χ0) is 13.7. The fraction of sp³-hybridized carbons (Fsp3) is 0.571. The summed E-state index contributed by atoms with van der Waals surface area (Å²) in [4.78, 5) is 15.6. The maximum Gasteiger partial charge on any atom is 0.283 e. The summed E-state index contributed by atoms with van der Waals surface area (Å²) in [6.45, 7) is 2.68. The van der Waals surface area contributed by atoms with Crippen molar-refractivity contribution in [2.75, 3.05) is 0 Å². The second-order valence-electron chi connectivity index (χ2n) is 5.10. The van der Waals surface area contributed by atoms with Crippen molar-refractivity contribution in [1.82, 2.24) is 10.4 Å². The first-order valence-corrected chi connectivity index (χ1v) is 6.79. The second-order valence-corrected chi connectivity index (χ2v) is 5.10. The van der Waals surface area contributed by atoms with Crippen LogP contribution in [0.25, 0.3) is 0 Å². The normalized spacial score (nSPS) is 23.1. The molecule has 1 aliphatic rings. The number of hydrogen-bond acceptors (Lipinski definition) is 4. The lowest BCUT2D eigenvalue weighted by atomic mass is 9.88. The molecule has 0 aliphatic heterocycles. The molecular weight excluding hydrogens is 242 g/mol. The van der Waals surface area contributed by atoms with Gasteiger partial charge < -0.3 is 4.74 Å². The molecule has 1 heterocycles. The van der Waals surface area contributed by atoms with Crippen LogP contribution in [0.2, 0.25) is 0 Å². The summed E-state index contributed by atoms with van der Waals surface area (Å²) >= 11 is 0.